The number of hydrogen-bond acceptors (Lipinski definition) is 0. The Bertz CT molecular complexity index is 186. The molecule has 0 bridgehead atoms. The zero-order valence-corrected chi connectivity index (χ0v) is 8.12. The van der Waals surface area contributed by atoms with Gasteiger partial charge in [-0.1, -0.05) is 5.92 Å². The van der Waals surface area contributed by atoms with Gasteiger partial charge in [-0.05, 0) is 12.8 Å². The topological polar surface area (TPSA) is 0 Å². The molecule has 0 amide bonds. The number of rotatable bonds is 0. The molecule has 1 heteroatoms. The van der Waals surface area contributed by atoms with Gasteiger partial charge in [-0.2, -0.15) is 0 Å². The SMILES string of the molecule is [C-]#CC#CC#CC.[K+]. The Morgan fingerprint density at radius 3 is 2.12 bits per heavy atom. The van der Waals surface area contributed by atoms with Crippen molar-refractivity contribution in [1.82, 2.24) is 0 Å². The first kappa shape index (κ1) is 11.2. The molecule has 0 aliphatic rings. The van der Waals surface area contributed by atoms with Crippen LogP contribution in [0.3, 0.4) is 0 Å². The van der Waals surface area contributed by atoms with E-state index in [0.717, 1.165) is 0 Å². The van der Waals surface area contributed by atoms with E-state index in [1.807, 2.05) is 5.92 Å². The molecule has 0 aromatic heterocycles. The largest absolute Gasteiger partial charge is 1.00 e. The monoisotopic (exact) mass is 126 g/mol. The van der Waals surface area contributed by atoms with E-state index in [1.165, 1.54) is 0 Å². The van der Waals surface area contributed by atoms with Crippen molar-refractivity contribution in [1.29, 1.82) is 0 Å². The molecule has 0 saturated carbocycles. The van der Waals surface area contributed by atoms with E-state index in [1.54, 1.807) is 6.92 Å². The first-order valence-corrected chi connectivity index (χ1v) is 1.75. The maximum atomic E-state index is 6.29. The average Bonchev–Trinajstić information content (AvgIpc) is 1.69. The van der Waals surface area contributed by atoms with Gasteiger partial charge in [0.1, 0.15) is 0 Å². The molecule has 0 aliphatic carbocycles. The van der Waals surface area contributed by atoms with Crippen LogP contribution in [0.4, 0.5) is 0 Å². The van der Waals surface area contributed by atoms with Gasteiger partial charge in [0.25, 0.3) is 0 Å². The fraction of sp³-hybridized carbons (Fsp3) is 0.143. The van der Waals surface area contributed by atoms with E-state index in [-0.39, 0.29) is 51.4 Å². The summed E-state index contributed by atoms with van der Waals surface area (Å²) in [6, 6.07) is 0. The molecule has 32 valence electrons. The van der Waals surface area contributed by atoms with Crippen LogP contribution in [-0.2, 0) is 0 Å². The molecule has 0 aromatic carbocycles. The standard InChI is InChI=1S/C7H3.K/c1-3-5-7-6-4-2;/h1H3;/q-1;+1. The van der Waals surface area contributed by atoms with Crippen LogP contribution in [0, 0.1) is 36.0 Å². The van der Waals surface area contributed by atoms with Crippen LogP contribution in [0.2, 0.25) is 0 Å². The third-order valence-electron chi connectivity index (χ3n) is 0.312. The molecule has 0 aliphatic heterocycles. The van der Waals surface area contributed by atoms with Crippen molar-refractivity contribution in [2.24, 2.45) is 0 Å². The summed E-state index contributed by atoms with van der Waals surface area (Å²) in [6.07, 6.45) is 6.29. The third kappa shape index (κ3) is 9.58. The van der Waals surface area contributed by atoms with Crippen molar-refractivity contribution < 1.29 is 51.4 Å². The van der Waals surface area contributed by atoms with Crippen LogP contribution in [-0.4, -0.2) is 0 Å². The van der Waals surface area contributed by atoms with Crippen LogP contribution in [0.15, 0.2) is 0 Å². The Morgan fingerprint density at radius 1 is 1.12 bits per heavy atom. The van der Waals surface area contributed by atoms with Crippen LogP contribution >= 0.6 is 0 Å². The van der Waals surface area contributed by atoms with Crippen molar-refractivity contribution in [2.45, 2.75) is 6.92 Å². The molecular weight excluding hydrogens is 123 g/mol. The molecule has 0 N–H and O–H groups in total. The first-order chi connectivity index (χ1) is 3.41. The summed E-state index contributed by atoms with van der Waals surface area (Å²) in [4.78, 5) is 0. The molecule has 8 heavy (non-hydrogen) atoms. The Balaban J connectivity index is 0. The molecule has 0 heterocycles. The van der Waals surface area contributed by atoms with E-state index < -0.39 is 0 Å². The van der Waals surface area contributed by atoms with E-state index in [4.69, 9.17) is 6.42 Å². The van der Waals surface area contributed by atoms with Gasteiger partial charge in [-0.15, -0.1) is 5.92 Å². The van der Waals surface area contributed by atoms with Crippen molar-refractivity contribution in [3.05, 3.63) is 6.42 Å². The maximum Gasteiger partial charge on any atom is 1.00 e. The maximum absolute atomic E-state index is 6.29. The fourth-order valence-corrected chi connectivity index (χ4v) is 0.125. The van der Waals surface area contributed by atoms with E-state index in [9.17, 15) is 0 Å². The van der Waals surface area contributed by atoms with Crippen LogP contribution < -0.4 is 51.4 Å². The zero-order chi connectivity index (χ0) is 5.54. The Kier molecular flexibility index (Phi) is 14.4. The second kappa shape index (κ2) is 10.3. The molecule has 0 unspecified atom stereocenters. The molecule has 0 spiro atoms. The van der Waals surface area contributed by atoms with Gasteiger partial charge >= 0.3 is 51.4 Å². The van der Waals surface area contributed by atoms with Gasteiger partial charge in [0.2, 0.25) is 0 Å². The van der Waals surface area contributed by atoms with Crippen molar-refractivity contribution in [3.63, 3.8) is 0 Å². The molecule has 0 rings (SSSR count). The second-order valence-corrected chi connectivity index (χ2v) is 0.750. The summed E-state index contributed by atoms with van der Waals surface area (Å²) in [6.45, 7) is 1.69. The van der Waals surface area contributed by atoms with Crippen molar-refractivity contribution in [2.75, 3.05) is 0 Å². The Hall–Kier alpha value is 0.316. The molecule has 0 nitrogen and oxygen atoms in total. The quantitative estimate of drug-likeness (QED) is 0.193. The summed E-state index contributed by atoms with van der Waals surface area (Å²) in [5.41, 5.74) is 0. The van der Waals surface area contributed by atoms with E-state index in [2.05, 4.69) is 23.7 Å². The van der Waals surface area contributed by atoms with Crippen LogP contribution in [0.25, 0.3) is 0 Å². The Labute approximate surface area is 92.8 Å². The zero-order valence-electron chi connectivity index (χ0n) is 5.00. The summed E-state index contributed by atoms with van der Waals surface area (Å²) in [7, 11) is 0. The predicted molar refractivity (Wildman–Crippen MR) is 28.4 cm³/mol. The molecular formula is C7H3K. The van der Waals surface area contributed by atoms with Gasteiger partial charge in [0, 0.05) is 0 Å². The van der Waals surface area contributed by atoms with Gasteiger partial charge in [0.05, 0.1) is 0 Å². The first-order valence-electron chi connectivity index (χ1n) is 1.75. The molecule has 0 radical (unpaired) electrons. The summed E-state index contributed by atoms with van der Waals surface area (Å²) >= 11 is 0. The smallest absolute Gasteiger partial charge is 0.358 e. The molecule has 0 aromatic rings. The Morgan fingerprint density at radius 2 is 1.75 bits per heavy atom. The van der Waals surface area contributed by atoms with Crippen molar-refractivity contribution in [3.8, 4) is 29.6 Å². The van der Waals surface area contributed by atoms with E-state index in [0.29, 0.717) is 0 Å². The fourth-order valence-electron chi connectivity index (χ4n) is 0.125. The second-order valence-electron chi connectivity index (χ2n) is 0.750. The van der Waals surface area contributed by atoms with Gasteiger partial charge in [-0.25, -0.2) is 5.92 Å². The normalized spacial score (nSPS) is 3.00. The van der Waals surface area contributed by atoms with Crippen LogP contribution in [0.1, 0.15) is 6.92 Å². The average molecular weight is 126 g/mol. The summed E-state index contributed by atoms with van der Waals surface area (Å²) in [5.74, 6) is 11.5. The minimum absolute atomic E-state index is 0. The summed E-state index contributed by atoms with van der Waals surface area (Å²) < 4.78 is 0. The number of hydrogen-bond donors (Lipinski definition) is 0. The molecule has 0 saturated heterocycles. The van der Waals surface area contributed by atoms with Crippen LogP contribution in [0.5, 0.6) is 0 Å². The van der Waals surface area contributed by atoms with E-state index >= 15 is 0 Å². The van der Waals surface area contributed by atoms with Gasteiger partial charge in [-0.3, -0.25) is 5.92 Å². The molecule has 0 atom stereocenters. The molecule has 0 fully saturated rings. The predicted octanol–water partition coefficient (Wildman–Crippen LogP) is -2.39. The van der Waals surface area contributed by atoms with Gasteiger partial charge in [0.15, 0.2) is 0 Å². The summed E-state index contributed by atoms with van der Waals surface area (Å²) in [5, 5.41) is 0. The van der Waals surface area contributed by atoms with Gasteiger partial charge < -0.3 is 6.42 Å². The third-order valence-corrected chi connectivity index (χ3v) is 0.312. The van der Waals surface area contributed by atoms with Crippen molar-refractivity contribution >= 4 is 0 Å². The minimum atomic E-state index is 0. The minimum Gasteiger partial charge on any atom is -0.358 e.